The van der Waals surface area contributed by atoms with Gasteiger partial charge in [0.2, 0.25) is 0 Å². The SMILES string of the molecule is Cc1cc(NC(=O)C(=O)N2C[C@H](C)C(OC(F)(F)F)C[C@H]2c2ccc(F)cc2)cnc1N. The lowest BCUT2D eigenvalue weighted by molar-refractivity contribution is -0.352. The number of rotatable bonds is 3. The van der Waals surface area contributed by atoms with Crippen LogP contribution in [-0.4, -0.2) is 40.7 Å². The van der Waals surface area contributed by atoms with Gasteiger partial charge < -0.3 is 16.0 Å². The Hall–Kier alpha value is -3.21. The quantitative estimate of drug-likeness (QED) is 0.546. The molecule has 3 atom stereocenters. The van der Waals surface area contributed by atoms with Crippen molar-refractivity contribution in [3.8, 4) is 0 Å². The molecule has 2 amide bonds. The normalized spacial score (nSPS) is 21.3. The molecule has 32 heavy (non-hydrogen) atoms. The average molecular weight is 454 g/mol. The molecule has 3 rings (SSSR count). The van der Waals surface area contributed by atoms with Gasteiger partial charge in [-0.2, -0.15) is 0 Å². The molecule has 0 spiro atoms. The van der Waals surface area contributed by atoms with Crippen LogP contribution in [0.15, 0.2) is 36.5 Å². The number of aryl methyl sites for hydroxylation is 1. The fourth-order valence-corrected chi connectivity index (χ4v) is 3.66. The fourth-order valence-electron chi connectivity index (χ4n) is 3.66. The molecular formula is C21H22F4N4O3. The van der Waals surface area contributed by atoms with E-state index in [4.69, 9.17) is 5.73 Å². The van der Waals surface area contributed by atoms with E-state index in [0.717, 1.165) is 12.1 Å². The molecule has 172 valence electrons. The van der Waals surface area contributed by atoms with Gasteiger partial charge in [-0.15, -0.1) is 13.2 Å². The van der Waals surface area contributed by atoms with Crippen LogP contribution in [0.1, 0.15) is 30.5 Å². The maximum absolute atomic E-state index is 13.4. The first-order valence-corrected chi connectivity index (χ1v) is 9.78. The van der Waals surface area contributed by atoms with Crippen LogP contribution in [0.2, 0.25) is 0 Å². The molecule has 2 aromatic rings. The highest BCUT2D eigenvalue weighted by molar-refractivity contribution is 6.39. The van der Waals surface area contributed by atoms with Gasteiger partial charge >= 0.3 is 18.2 Å². The van der Waals surface area contributed by atoms with Gasteiger partial charge in [0.05, 0.1) is 24.0 Å². The molecule has 1 aliphatic rings. The zero-order chi connectivity index (χ0) is 23.6. The molecule has 1 unspecified atom stereocenters. The van der Waals surface area contributed by atoms with Crippen molar-refractivity contribution in [2.45, 2.75) is 38.8 Å². The lowest BCUT2D eigenvalue weighted by Crippen LogP contribution is -2.51. The Morgan fingerprint density at radius 1 is 1.25 bits per heavy atom. The summed E-state index contributed by atoms with van der Waals surface area (Å²) < 4.78 is 56.2. The van der Waals surface area contributed by atoms with Crippen LogP contribution in [0.4, 0.5) is 29.1 Å². The van der Waals surface area contributed by atoms with Crippen LogP contribution in [0.3, 0.4) is 0 Å². The largest absolute Gasteiger partial charge is 0.522 e. The van der Waals surface area contributed by atoms with Crippen LogP contribution in [0.25, 0.3) is 0 Å². The van der Waals surface area contributed by atoms with E-state index in [2.05, 4.69) is 15.0 Å². The number of aromatic nitrogens is 1. The number of nitrogens with one attached hydrogen (secondary N) is 1. The number of amides is 2. The van der Waals surface area contributed by atoms with Crippen molar-refractivity contribution in [3.05, 3.63) is 53.5 Å². The topological polar surface area (TPSA) is 97.5 Å². The molecule has 0 radical (unpaired) electrons. The molecular weight excluding hydrogens is 432 g/mol. The Balaban J connectivity index is 1.85. The van der Waals surface area contributed by atoms with Gasteiger partial charge in [0.25, 0.3) is 0 Å². The fraction of sp³-hybridized carbons (Fsp3) is 0.381. The number of pyridine rings is 1. The van der Waals surface area contributed by atoms with E-state index in [1.165, 1.54) is 36.2 Å². The van der Waals surface area contributed by atoms with Crippen molar-refractivity contribution in [2.75, 3.05) is 17.6 Å². The monoisotopic (exact) mass is 454 g/mol. The van der Waals surface area contributed by atoms with Gasteiger partial charge in [0.15, 0.2) is 0 Å². The molecule has 1 saturated heterocycles. The van der Waals surface area contributed by atoms with E-state index in [1.807, 2.05) is 0 Å². The number of nitrogen functional groups attached to an aromatic ring is 1. The molecule has 1 aromatic carbocycles. The molecule has 1 aliphatic heterocycles. The van der Waals surface area contributed by atoms with Crippen LogP contribution < -0.4 is 11.1 Å². The van der Waals surface area contributed by atoms with Gasteiger partial charge in [-0.05, 0) is 42.7 Å². The van der Waals surface area contributed by atoms with E-state index in [0.29, 0.717) is 11.1 Å². The summed E-state index contributed by atoms with van der Waals surface area (Å²) in [5.74, 6) is -2.89. The van der Waals surface area contributed by atoms with Crippen molar-refractivity contribution in [1.82, 2.24) is 9.88 Å². The highest BCUT2D eigenvalue weighted by atomic mass is 19.4. The number of halogens is 4. The Bertz CT molecular complexity index is 998. The first-order chi connectivity index (χ1) is 14.9. The van der Waals surface area contributed by atoms with Crippen LogP contribution in [0, 0.1) is 18.7 Å². The number of hydrogen-bond acceptors (Lipinski definition) is 5. The Kier molecular flexibility index (Phi) is 6.68. The minimum atomic E-state index is -4.85. The number of nitrogens with two attached hydrogens (primary N) is 1. The molecule has 1 fully saturated rings. The molecule has 2 heterocycles. The van der Waals surface area contributed by atoms with E-state index >= 15 is 0 Å². The number of hydrogen-bond donors (Lipinski definition) is 2. The minimum absolute atomic E-state index is 0.159. The molecule has 0 saturated carbocycles. The van der Waals surface area contributed by atoms with Gasteiger partial charge in [0.1, 0.15) is 11.6 Å². The summed E-state index contributed by atoms with van der Waals surface area (Å²) >= 11 is 0. The summed E-state index contributed by atoms with van der Waals surface area (Å²) in [4.78, 5) is 30.7. The third-order valence-corrected chi connectivity index (χ3v) is 5.32. The number of carbonyl (C=O) groups excluding carboxylic acids is 2. The highest BCUT2D eigenvalue weighted by Gasteiger charge is 2.44. The predicted octanol–water partition coefficient (Wildman–Crippen LogP) is 3.56. The van der Waals surface area contributed by atoms with E-state index < -0.39 is 42.1 Å². The van der Waals surface area contributed by atoms with E-state index in [9.17, 15) is 27.2 Å². The summed E-state index contributed by atoms with van der Waals surface area (Å²) in [6.07, 6.45) is -5.01. The smallest absolute Gasteiger partial charge is 0.383 e. The Labute approximate surface area is 181 Å². The van der Waals surface area contributed by atoms with Gasteiger partial charge in [-0.1, -0.05) is 19.1 Å². The van der Waals surface area contributed by atoms with Gasteiger partial charge in [0, 0.05) is 12.5 Å². The standard InChI is InChI=1S/C21H22F4N4O3/c1-11-7-15(9-27-18(11)26)28-19(30)20(31)29-10-12(2)17(32-21(23,24)25)8-16(29)13-3-5-14(22)6-4-13/h3-7,9,12,16-17H,8,10H2,1-2H3,(H2,26,27)(H,28,30)/t12-,16-,17?/m0/s1. The Morgan fingerprint density at radius 2 is 1.91 bits per heavy atom. The van der Waals surface area contributed by atoms with Crippen molar-refractivity contribution in [2.24, 2.45) is 5.92 Å². The molecule has 7 nitrogen and oxygen atoms in total. The van der Waals surface area contributed by atoms with Gasteiger partial charge in [-0.25, -0.2) is 9.37 Å². The maximum atomic E-state index is 13.4. The number of nitrogens with zero attached hydrogens (tertiary/aromatic N) is 2. The summed E-state index contributed by atoms with van der Waals surface area (Å²) in [6, 6.07) is 5.63. The third-order valence-electron chi connectivity index (χ3n) is 5.32. The maximum Gasteiger partial charge on any atom is 0.522 e. The van der Waals surface area contributed by atoms with Crippen molar-refractivity contribution < 1.29 is 31.9 Å². The molecule has 0 aliphatic carbocycles. The van der Waals surface area contributed by atoms with E-state index in [1.54, 1.807) is 6.92 Å². The zero-order valence-electron chi connectivity index (χ0n) is 17.3. The van der Waals surface area contributed by atoms with Crippen molar-refractivity contribution >= 4 is 23.3 Å². The second-order valence-electron chi connectivity index (χ2n) is 7.72. The lowest BCUT2D eigenvalue weighted by atomic mass is 9.87. The number of piperidine rings is 1. The van der Waals surface area contributed by atoms with Gasteiger partial charge in [-0.3, -0.25) is 14.3 Å². The summed E-state index contributed by atoms with van der Waals surface area (Å²) in [6.45, 7) is 3.02. The first-order valence-electron chi connectivity index (χ1n) is 9.78. The van der Waals surface area contributed by atoms with Crippen LogP contribution >= 0.6 is 0 Å². The summed E-state index contributed by atoms with van der Waals surface area (Å²) in [7, 11) is 0. The van der Waals surface area contributed by atoms with Crippen LogP contribution in [0.5, 0.6) is 0 Å². The van der Waals surface area contributed by atoms with E-state index in [-0.39, 0.29) is 24.5 Å². The van der Waals surface area contributed by atoms with Crippen molar-refractivity contribution in [3.63, 3.8) is 0 Å². The van der Waals surface area contributed by atoms with Crippen LogP contribution in [-0.2, 0) is 14.3 Å². The summed E-state index contributed by atoms with van der Waals surface area (Å²) in [5, 5.41) is 2.43. The zero-order valence-corrected chi connectivity index (χ0v) is 17.3. The number of benzene rings is 1. The molecule has 3 N–H and O–H groups in total. The number of carbonyl (C=O) groups is 2. The number of anilines is 2. The summed E-state index contributed by atoms with van der Waals surface area (Å²) in [5.41, 5.74) is 6.88. The second-order valence-corrected chi connectivity index (χ2v) is 7.72. The Morgan fingerprint density at radius 3 is 2.50 bits per heavy atom. The highest BCUT2D eigenvalue weighted by Crippen LogP contribution is 2.37. The molecule has 1 aromatic heterocycles. The molecule has 0 bridgehead atoms. The third kappa shape index (κ3) is 5.52. The minimum Gasteiger partial charge on any atom is -0.383 e. The van der Waals surface area contributed by atoms with Crippen molar-refractivity contribution in [1.29, 1.82) is 0 Å². The second kappa shape index (κ2) is 9.11. The number of alkyl halides is 3. The number of likely N-dealkylation sites (tertiary alicyclic amines) is 1. The lowest BCUT2D eigenvalue weighted by Gasteiger charge is -2.42. The predicted molar refractivity (Wildman–Crippen MR) is 108 cm³/mol. The number of ether oxygens (including phenoxy) is 1. The first kappa shape index (κ1) is 23.5. The molecule has 11 heteroatoms. The average Bonchev–Trinajstić information content (AvgIpc) is 2.71.